The van der Waals surface area contributed by atoms with Gasteiger partial charge in [-0.15, -0.1) is 0 Å². The van der Waals surface area contributed by atoms with E-state index in [0.29, 0.717) is 31.7 Å². The molecular weight excluding hydrogens is 425 g/mol. The van der Waals surface area contributed by atoms with Crippen molar-refractivity contribution >= 4 is 17.7 Å². The first-order valence-electron chi connectivity index (χ1n) is 10.6. The molecule has 1 aromatic rings. The van der Waals surface area contributed by atoms with Gasteiger partial charge in [0.25, 0.3) is 0 Å². The summed E-state index contributed by atoms with van der Waals surface area (Å²) in [6, 6.07) is 3.98. The highest BCUT2D eigenvalue weighted by Gasteiger charge is 2.50. The van der Waals surface area contributed by atoms with E-state index in [1.807, 2.05) is 0 Å². The highest BCUT2D eigenvalue weighted by molar-refractivity contribution is 6.00. The zero-order chi connectivity index (χ0) is 23.0. The normalized spacial score (nSPS) is 29.1. The zero-order valence-corrected chi connectivity index (χ0v) is 17.5. The van der Waals surface area contributed by atoms with Crippen LogP contribution in [0, 0.1) is 29.6 Å². The summed E-state index contributed by atoms with van der Waals surface area (Å²) in [7, 11) is 1.42. The van der Waals surface area contributed by atoms with Crippen LogP contribution in [0.5, 0.6) is 5.75 Å². The smallest absolute Gasteiger partial charge is 0.395 e. The molecule has 2 aliphatic carbocycles. The van der Waals surface area contributed by atoms with Gasteiger partial charge in [-0.3, -0.25) is 0 Å². The van der Waals surface area contributed by atoms with Gasteiger partial charge in [-0.2, -0.15) is 13.2 Å². The van der Waals surface area contributed by atoms with E-state index in [0.717, 1.165) is 0 Å². The minimum absolute atomic E-state index is 0.0664. The molecule has 5 atom stereocenters. The Balaban J connectivity index is 1.39. The maximum absolute atomic E-state index is 13.5. The number of rotatable bonds is 4. The van der Waals surface area contributed by atoms with Crippen LogP contribution in [0.25, 0.3) is 0 Å². The second-order valence-corrected chi connectivity index (χ2v) is 8.72. The molecule has 2 unspecified atom stereocenters. The van der Waals surface area contributed by atoms with E-state index in [9.17, 15) is 27.9 Å². The Hall–Kier alpha value is -2.97. The lowest BCUT2D eigenvalue weighted by Crippen LogP contribution is -2.36. The summed E-state index contributed by atoms with van der Waals surface area (Å²) in [6.45, 7) is 0.906. The Labute approximate surface area is 183 Å². The number of hydrogen-bond donors (Lipinski definition) is 2. The highest BCUT2D eigenvalue weighted by atomic mass is 19.4. The van der Waals surface area contributed by atoms with Crippen LogP contribution in [0.2, 0.25) is 0 Å². The van der Waals surface area contributed by atoms with Crippen molar-refractivity contribution < 1.29 is 32.6 Å². The molecule has 32 heavy (non-hydrogen) atoms. The minimum atomic E-state index is -4.27. The third-order valence-corrected chi connectivity index (χ3v) is 6.87. The number of methoxy groups -OCH3 is 1. The number of benzene rings is 1. The fourth-order valence-electron chi connectivity index (χ4n) is 5.36. The van der Waals surface area contributed by atoms with E-state index in [2.05, 4.69) is 5.32 Å². The number of halogens is 3. The second-order valence-electron chi connectivity index (χ2n) is 8.72. The Bertz CT molecular complexity index is 945. The maximum atomic E-state index is 13.5. The Kier molecular flexibility index (Phi) is 5.92. The monoisotopic (exact) mass is 450 g/mol. The van der Waals surface area contributed by atoms with Gasteiger partial charge in [-0.1, -0.05) is 24.3 Å². The van der Waals surface area contributed by atoms with E-state index in [1.54, 1.807) is 23.1 Å². The van der Waals surface area contributed by atoms with Crippen molar-refractivity contribution in [2.24, 2.45) is 29.6 Å². The molecule has 0 spiro atoms. The van der Waals surface area contributed by atoms with Gasteiger partial charge in [0.2, 0.25) is 0 Å². The first kappa shape index (κ1) is 22.2. The van der Waals surface area contributed by atoms with Crippen LogP contribution in [0.4, 0.5) is 23.7 Å². The first-order valence-corrected chi connectivity index (χ1v) is 10.6. The average Bonchev–Trinajstić information content (AvgIpc) is 3.32. The van der Waals surface area contributed by atoms with E-state index >= 15 is 0 Å². The molecule has 1 saturated heterocycles. The third kappa shape index (κ3) is 4.33. The molecule has 2 amide bonds. The molecule has 2 fully saturated rings. The van der Waals surface area contributed by atoms with Crippen LogP contribution in [0.15, 0.2) is 42.5 Å². The largest absolute Gasteiger partial charge is 0.497 e. The number of ether oxygens (including phenoxy) is 1. The zero-order valence-electron chi connectivity index (χ0n) is 17.5. The molecular formula is C23H25F3N2O4. The van der Waals surface area contributed by atoms with Crippen LogP contribution in [0.3, 0.4) is 0 Å². The summed E-state index contributed by atoms with van der Waals surface area (Å²) in [4.78, 5) is 25.9. The summed E-state index contributed by atoms with van der Waals surface area (Å²) in [5.41, 5.74) is 0.0953. The number of likely N-dealkylation sites (tertiary alicyclic amines) is 1. The molecule has 4 rings (SSSR count). The van der Waals surface area contributed by atoms with Crippen molar-refractivity contribution in [3.05, 3.63) is 48.1 Å². The van der Waals surface area contributed by atoms with E-state index in [1.165, 1.54) is 31.4 Å². The Morgan fingerprint density at radius 2 is 1.75 bits per heavy atom. The SMILES string of the molecule is COc1ccc(NC(=O)N2C[C@H]3C[C@@H](C4C=CC=CC4C(F)(F)F)C[C@H]3C2)c(C(=O)O)c1. The molecule has 0 radical (unpaired) electrons. The molecule has 1 aromatic carbocycles. The number of amides is 2. The van der Waals surface area contributed by atoms with Crippen LogP contribution in [-0.4, -0.2) is 48.4 Å². The van der Waals surface area contributed by atoms with Crippen molar-refractivity contribution in [3.8, 4) is 5.75 Å². The molecule has 3 aliphatic rings. The quantitative estimate of drug-likeness (QED) is 0.691. The molecule has 1 saturated carbocycles. The van der Waals surface area contributed by atoms with Crippen LogP contribution < -0.4 is 10.1 Å². The Morgan fingerprint density at radius 1 is 1.09 bits per heavy atom. The maximum Gasteiger partial charge on any atom is 0.395 e. The van der Waals surface area contributed by atoms with E-state index in [-0.39, 0.29) is 29.0 Å². The number of carboxylic acids is 1. The van der Waals surface area contributed by atoms with E-state index in [4.69, 9.17) is 4.74 Å². The number of nitrogens with zero attached hydrogens (tertiary/aromatic N) is 1. The fourth-order valence-corrected chi connectivity index (χ4v) is 5.36. The summed E-state index contributed by atoms with van der Waals surface area (Å²) in [5, 5.41) is 12.1. The number of fused-ring (bicyclic) bond motifs is 1. The van der Waals surface area contributed by atoms with Gasteiger partial charge in [-0.25, -0.2) is 9.59 Å². The number of carbonyl (C=O) groups is 2. The van der Waals surface area contributed by atoms with Gasteiger partial charge in [0.05, 0.1) is 24.3 Å². The number of carbonyl (C=O) groups excluding carboxylic acids is 1. The van der Waals surface area contributed by atoms with Crippen molar-refractivity contribution in [1.29, 1.82) is 0 Å². The molecule has 9 heteroatoms. The summed E-state index contributed by atoms with van der Waals surface area (Å²) in [5.74, 6) is -2.61. The lowest BCUT2D eigenvalue weighted by Gasteiger charge is -2.31. The van der Waals surface area contributed by atoms with Gasteiger partial charge < -0.3 is 20.1 Å². The van der Waals surface area contributed by atoms with Gasteiger partial charge in [0.15, 0.2) is 0 Å². The van der Waals surface area contributed by atoms with Crippen molar-refractivity contribution in [1.82, 2.24) is 4.90 Å². The number of urea groups is 1. The molecule has 2 N–H and O–H groups in total. The summed E-state index contributed by atoms with van der Waals surface area (Å²) < 4.78 is 45.4. The number of anilines is 1. The molecule has 0 aromatic heterocycles. The van der Waals surface area contributed by atoms with Gasteiger partial charge >= 0.3 is 18.2 Å². The number of nitrogens with one attached hydrogen (secondary N) is 1. The molecule has 172 valence electrons. The first-order chi connectivity index (χ1) is 15.2. The third-order valence-electron chi connectivity index (χ3n) is 6.87. The predicted molar refractivity (Wildman–Crippen MR) is 112 cm³/mol. The number of hydrogen-bond acceptors (Lipinski definition) is 3. The lowest BCUT2D eigenvalue weighted by atomic mass is 9.77. The predicted octanol–water partition coefficient (Wildman–Crippen LogP) is 4.80. The molecule has 6 nitrogen and oxygen atoms in total. The minimum Gasteiger partial charge on any atom is -0.497 e. The van der Waals surface area contributed by atoms with E-state index < -0.39 is 30.0 Å². The van der Waals surface area contributed by atoms with Crippen molar-refractivity contribution in [2.75, 3.05) is 25.5 Å². The van der Waals surface area contributed by atoms with Crippen LogP contribution in [-0.2, 0) is 0 Å². The number of carboxylic acid groups (broad SMARTS) is 1. The van der Waals surface area contributed by atoms with Crippen molar-refractivity contribution in [2.45, 2.75) is 19.0 Å². The molecule has 1 heterocycles. The molecule has 0 bridgehead atoms. The number of alkyl halides is 3. The Morgan fingerprint density at radius 3 is 2.34 bits per heavy atom. The number of allylic oxidation sites excluding steroid dienone is 4. The summed E-state index contributed by atoms with van der Waals surface area (Å²) >= 11 is 0. The fraction of sp³-hybridized carbons (Fsp3) is 0.478. The second kappa shape index (κ2) is 8.52. The number of aromatic carboxylic acids is 1. The van der Waals surface area contributed by atoms with Gasteiger partial charge in [0.1, 0.15) is 5.75 Å². The topological polar surface area (TPSA) is 78.9 Å². The summed E-state index contributed by atoms with van der Waals surface area (Å²) in [6.07, 6.45) is 3.09. The standard InChI is InChI=1S/C23H25F3N2O4/c1-32-16-6-7-20(18(10-16)21(29)30)27-22(31)28-11-14-8-13(9-15(14)12-28)17-4-2-3-5-19(17)23(24,25)26/h2-7,10,13-15,17,19H,8-9,11-12H2,1H3,(H,27,31)(H,29,30)/t13-,14-,15+,17?,19?. The van der Waals surface area contributed by atoms with Gasteiger partial charge in [0, 0.05) is 13.1 Å². The van der Waals surface area contributed by atoms with Crippen molar-refractivity contribution in [3.63, 3.8) is 0 Å². The van der Waals surface area contributed by atoms with Crippen LogP contribution in [0.1, 0.15) is 23.2 Å². The van der Waals surface area contributed by atoms with Crippen LogP contribution >= 0.6 is 0 Å². The lowest BCUT2D eigenvalue weighted by molar-refractivity contribution is -0.174. The average molecular weight is 450 g/mol. The highest BCUT2D eigenvalue weighted by Crippen LogP contribution is 2.50. The van der Waals surface area contributed by atoms with Gasteiger partial charge in [-0.05, 0) is 54.7 Å². The molecule has 1 aliphatic heterocycles.